The quantitative estimate of drug-likeness (QED) is 0.742. The minimum absolute atomic E-state index is 0.698. The van der Waals surface area contributed by atoms with Gasteiger partial charge in [-0.25, -0.2) is 0 Å². The summed E-state index contributed by atoms with van der Waals surface area (Å²) in [6.07, 6.45) is 4.05. The van der Waals surface area contributed by atoms with Crippen LogP contribution in [0.25, 0.3) is 11.1 Å². The molecule has 0 unspecified atom stereocenters. The molecular formula is C18H25NO. The molecular weight excluding hydrogens is 246 g/mol. The smallest absolute Gasteiger partial charge is 0.125 e. The molecule has 20 heavy (non-hydrogen) atoms. The Morgan fingerprint density at radius 2 is 1.85 bits per heavy atom. The number of rotatable bonds is 7. The van der Waals surface area contributed by atoms with E-state index in [0.717, 1.165) is 31.7 Å². The molecule has 0 saturated heterocycles. The second kappa shape index (κ2) is 7.30. The molecule has 0 fully saturated rings. The van der Waals surface area contributed by atoms with E-state index < -0.39 is 0 Å². The molecule has 0 spiro atoms. The SMILES string of the molecule is CCCNCc1occc1-c1ccc(CC(C)C)cc1. The lowest BCUT2D eigenvalue weighted by molar-refractivity contribution is 0.484. The van der Waals surface area contributed by atoms with E-state index in [1.54, 1.807) is 6.26 Å². The van der Waals surface area contributed by atoms with Gasteiger partial charge in [-0.2, -0.15) is 0 Å². The zero-order valence-electron chi connectivity index (χ0n) is 12.8. The van der Waals surface area contributed by atoms with E-state index in [9.17, 15) is 0 Å². The summed E-state index contributed by atoms with van der Waals surface area (Å²) in [5, 5.41) is 3.39. The first-order valence-corrected chi connectivity index (χ1v) is 7.57. The molecule has 0 aliphatic carbocycles. The van der Waals surface area contributed by atoms with Crippen molar-refractivity contribution in [3.63, 3.8) is 0 Å². The van der Waals surface area contributed by atoms with Crippen LogP contribution in [0, 0.1) is 5.92 Å². The molecule has 2 aromatic rings. The Morgan fingerprint density at radius 1 is 1.10 bits per heavy atom. The second-order valence-corrected chi connectivity index (χ2v) is 5.73. The number of nitrogens with one attached hydrogen (secondary N) is 1. The van der Waals surface area contributed by atoms with Crippen molar-refractivity contribution in [3.05, 3.63) is 47.9 Å². The average molecular weight is 271 g/mol. The van der Waals surface area contributed by atoms with Crippen LogP contribution in [-0.2, 0) is 13.0 Å². The van der Waals surface area contributed by atoms with Crippen LogP contribution in [-0.4, -0.2) is 6.54 Å². The summed E-state index contributed by atoms with van der Waals surface area (Å²) < 4.78 is 5.60. The highest BCUT2D eigenvalue weighted by Crippen LogP contribution is 2.25. The molecule has 0 aliphatic rings. The first-order chi connectivity index (χ1) is 9.70. The van der Waals surface area contributed by atoms with Crippen molar-refractivity contribution in [2.75, 3.05) is 6.54 Å². The summed E-state index contributed by atoms with van der Waals surface area (Å²) in [5.74, 6) is 1.72. The largest absolute Gasteiger partial charge is 0.467 e. The minimum atomic E-state index is 0.698. The van der Waals surface area contributed by atoms with Crippen LogP contribution >= 0.6 is 0 Å². The Kier molecular flexibility index (Phi) is 5.42. The van der Waals surface area contributed by atoms with E-state index in [-0.39, 0.29) is 0 Å². The normalized spacial score (nSPS) is 11.2. The van der Waals surface area contributed by atoms with Crippen LogP contribution in [0.1, 0.15) is 38.5 Å². The molecule has 0 saturated carbocycles. The molecule has 0 atom stereocenters. The maximum atomic E-state index is 5.60. The molecule has 0 bridgehead atoms. The van der Waals surface area contributed by atoms with Gasteiger partial charge in [-0.3, -0.25) is 0 Å². The van der Waals surface area contributed by atoms with Gasteiger partial charge in [0.15, 0.2) is 0 Å². The van der Waals surface area contributed by atoms with Gasteiger partial charge in [-0.15, -0.1) is 0 Å². The molecule has 0 radical (unpaired) electrons. The fourth-order valence-corrected chi connectivity index (χ4v) is 2.41. The Labute approximate surface area is 122 Å². The number of hydrogen-bond acceptors (Lipinski definition) is 2. The maximum absolute atomic E-state index is 5.60. The topological polar surface area (TPSA) is 25.2 Å². The average Bonchev–Trinajstić information content (AvgIpc) is 2.88. The first-order valence-electron chi connectivity index (χ1n) is 7.57. The Bertz CT molecular complexity index is 510. The zero-order chi connectivity index (χ0) is 14.4. The molecule has 2 rings (SSSR count). The molecule has 0 amide bonds. The summed E-state index contributed by atoms with van der Waals surface area (Å²) in [4.78, 5) is 0. The predicted molar refractivity (Wildman–Crippen MR) is 84.7 cm³/mol. The van der Waals surface area contributed by atoms with Crippen LogP contribution in [0.15, 0.2) is 41.0 Å². The van der Waals surface area contributed by atoms with Gasteiger partial charge in [0.1, 0.15) is 5.76 Å². The van der Waals surface area contributed by atoms with Crippen molar-refractivity contribution in [1.29, 1.82) is 0 Å². The zero-order valence-corrected chi connectivity index (χ0v) is 12.8. The Morgan fingerprint density at radius 3 is 2.50 bits per heavy atom. The van der Waals surface area contributed by atoms with E-state index in [4.69, 9.17) is 4.42 Å². The maximum Gasteiger partial charge on any atom is 0.125 e. The van der Waals surface area contributed by atoms with Gasteiger partial charge in [0.05, 0.1) is 12.8 Å². The molecule has 0 aliphatic heterocycles. The lowest BCUT2D eigenvalue weighted by Crippen LogP contribution is -2.13. The highest BCUT2D eigenvalue weighted by atomic mass is 16.3. The van der Waals surface area contributed by atoms with Gasteiger partial charge in [-0.05, 0) is 42.5 Å². The third kappa shape index (κ3) is 3.97. The molecule has 1 aromatic heterocycles. The minimum Gasteiger partial charge on any atom is -0.467 e. The third-order valence-corrected chi connectivity index (χ3v) is 3.37. The number of benzene rings is 1. The van der Waals surface area contributed by atoms with E-state index in [0.29, 0.717) is 5.92 Å². The van der Waals surface area contributed by atoms with Crippen molar-refractivity contribution in [1.82, 2.24) is 5.32 Å². The molecule has 1 N–H and O–H groups in total. The molecule has 1 heterocycles. The van der Waals surface area contributed by atoms with Crippen molar-refractivity contribution in [2.24, 2.45) is 5.92 Å². The summed E-state index contributed by atoms with van der Waals surface area (Å²) >= 11 is 0. The van der Waals surface area contributed by atoms with Gasteiger partial charge >= 0.3 is 0 Å². The van der Waals surface area contributed by atoms with E-state index in [1.165, 1.54) is 16.7 Å². The van der Waals surface area contributed by atoms with Crippen LogP contribution in [0.2, 0.25) is 0 Å². The van der Waals surface area contributed by atoms with Crippen molar-refractivity contribution in [2.45, 2.75) is 40.2 Å². The van der Waals surface area contributed by atoms with Crippen molar-refractivity contribution < 1.29 is 4.42 Å². The highest BCUT2D eigenvalue weighted by Gasteiger charge is 2.08. The second-order valence-electron chi connectivity index (χ2n) is 5.73. The van der Waals surface area contributed by atoms with Crippen LogP contribution in [0.4, 0.5) is 0 Å². The fraction of sp³-hybridized carbons (Fsp3) is 0.444. The standard InChI is InChI=1S/C18H25NO/c1-4-10-19-13-18-17(9-11-20-18)16-7-5-15(6-8-16)12-14(2)3/h5-9,11,14,19H,4,10,12-13H2,1-3H3. The van der Waals surface area contributed by atoms with Gasteiger partial charge in [0.25, 0.3) is 0 Å². The summed E-state index contributed by atoms with van der Waals surface area (Å²) in [6.45, 7) is 8.49. The Balaban J connectivity index is 2.09. The van der Waals surface area contributed by atoms with Crippen molar-refractivity contribution >= 4 is 0 Å². The van der Waals surface area contributed by atoms with Gasteiger partial charge < -0.3 is 9.73 Å². The highest BCUT2D eigenvalue weighted by molar-refractivity contribution is 5.65. The molecule has 2 nitrogen and oxygen atoms in total. The number of hydrogen-bond donors (Lipinski definition) is 1. The van der Waals surface area contributed by atoms with E-state index >= 15 is 0 Å². The predicted octanol–water partition coefficient (Wildman–Crippen LogP) is 4.64. The first kappa shape index (κ1) is 14.9. The molecule has 2 heteroatoms. The van der Waals surface area contributed by atoms with E-state index in [1.807, 2.05) is 0 Å². The van der Waals surface area contributed by atoms with Crippen LogP contribution < -0.4 is 5.32 Å². The van der Waals surface area contributed by atoms with Gasteiger partial charge in [-0.1, -0.05) is 45.0 Å². The lowest BCUT2D eigenvalue weighted by Gasteiger charge is -2.07. The molecule has 108 valence electrons. The molecule has 1 aromatic carbocycles. The third-order valence-electron chi connectivity index (χ3n) is 3.37. The van der Waals surface area contributed by atoms with Crippen LogP contribution in [0.5, 0.6) is 0 Å². The fourth-order valence-electron chi connectivity index (χ4n) is 2.41. The summed E-state index contributed by atoms with van der Waals surface area (Å²) in [6, 6.07) is 10.9. The van der Waals surface area contributed by atoms with Crippen LogP contribution in [0.3, 0.4) is 0 Å². The van der Waals surface area contributed by atoms with Gasteiger partial charge in [0.2, 0.25) is 0 Å². The lowest BCUT2D eigenvalue weighted by atomic mass is 9.99. The monoisotopic (exact) mass is 271 g/mol. The van der Waals surface area contributed by atoms with Crippen molar-refractivity contribution in [3.8, 4) is 11.1 Å². The summed E-state index contributed by atoms with van der Waals surface area (Å²) in [7, 11) is 0. The Hall–Kier alpha value is -1.54. The van der Waals surface area contributed by atoms with E-state index in [2.05, 4.69) is 56.4 Å². The van der Waals surface area contributed by atoms with Gasteiger partial charge in [0, 0.05) is 5.56 Å². The number of furan rings is 1. The summed E-state index contributed by atoms with van der Waals surface area (Å²) in [5.41, 5.74) is 3.84.